The summed E-state index contributed by atoms with van der Waals surface area (Å²) in [6.45, 7) is 7.36. The van der Waals surface area contributed by atoms with Gasteiger partial charge in [-0.2, -0.15) is 0 Å². The second-order valence-electron chi connectivity index (χ2n) is 4.90. The van der Waals surface area contributed by atoms with Gasteiger partial charge in [-0.25, -0.2) is 9.98 Å². The summed E-state index contributed by atoms with van der Waals surface area (Å²) in [6, 6.07) is 8.42. The highest BCUT2D eigenvalue weighted by atomic mass is 15.2. The molecule has 0 aliphatic carbocycles. The van der Waals surface area contributed by atoms with Crippen LogP contribution in [0, 0.1) is 0 Å². The van der Waals surface area contributed by atoms with Crippen LogP contribution in [0.15, 0.2) is 48.0 Å². The number of guanidine groups is 1. The molecule has 112 valence electrons. The maximum Gasteiger partial charge on any atom is 0.191 e. The summed E-state index contributed by atoms with van der Waals surface area (Å²) < 4.78 is 2.05. The van der Waals surface area contributed by atoms with Crippen LogP contribution in [0.3, 0.4) is 0 Å². The van der Waals surface area contributed by atoms with Gasteiger partial charge in [-0.3, -0.25) is 0 Å². The number of aliphatic imine (C=N–C) groups is 1. The Morgan fingerprint density at radius 2 is 2.05 bits per heavy atom. The van der Waals surface area contributed by atoms with Crippen molar-refractivity contribution in [3.63, 3.8) is 0 Å². The molecule has 0 atom stereocenters. The summed E-state index contributed by atoms with van der Waals surface area (Å²) in [5, 5.41) is 0. The second kappa shape index (κ2) is 7.47. The molecule has 2 N–H and O–H groups in total. The normalized spacial score (nSPS) is 11.6. The zero-order valence-electron chi connectivity index (χ0n) is 12.7. The molecule has 0 unspecified atom stereocenters. The summed E-state index contributed by atoms with van der Waals surface area (Å²) in [6.07, 6.45) is 5.57. The largest absolute Gasteiger partial charge is 0.370 e. The molecular weight excluding hydrogens is 262 g/mol. The number of nitrogens with two attached hydrogens (primary N) is 1. The highest BCUT2D eigenvalue weighted by molar-refractivity contribution is 5.77. The number of imidazole rings is 1. The standard InChI is InChI=1S/C16H23N5/c1-3-21(4-2)16(17)19-11-14-6-5-7-15(10-14)12-20-9-8-18-13-20/h5-10,13H,3-4,11-12H2,1-2H3,(H2,17,19). The monoisotopic (exact) mass is 285 g/mol. The van der Waals surface area contributed by atoms with E-state index in [1.165, 1.54) is 11.1 Å². The quantitative estimate of drug-likeness (QED) is 0.653. The lowest BCUT2D eigenvalue weighted by Gasteiger charge is -2.19. The first kappa shape index (κ1) is 15.1. The van der Waals surface area contributed by atoms with E-state index in [2.05, 4.69) is 53.0 Å². The second-order valence-corrected chi connectivity index (χ2v) is 4.90. The number of nitrogens with zero attached hydrogens (tertiary/aromatic N) is 4. The molecule has 1 heterocycles. The van der Waals surface area contributed by atoms with Gasteiger partial charge in [-0.05, 0) is 25.0 Å². The van der Waals surface area contributed by atoms with E-state index in [9.17, 15) is 0 Å². The molecule has 2 aromatic rings. The fraction of sp³-hybridized carbons (Fsp3) is 0.375. The SMILES string of the molecule is CCN(CC)C(N)=NCc1cccc(Cn2ccnc2)c1. The van der Waals surface area contributed by atoms with Gasteiger partial charge in [-0.1, -0.05) is 24.3 Å². The molecule has 0 amide bonds. The van der Waals surface area contributed by atoms with E-state index >= 15 is 0 Å². The van der Waals surface area contributed by atoms with Gasteiger partial charge in [0.05, 0.1) is 12.9 Å². The first-order valence-electron chi connectivity index (χ1n) is 7.31. The Morgan fingerprint density at radius 3 is 2.71 bits per heavy atom. The zero-order valence-corrected chi connectivity index (χ0v) is 12.7. The number of aromatic nitrogens is 2. The third kappa shape index (κ3) is 4.34. The third-order valence-corrected chi connectivity index (χ3v) is 3.43. The van der Waals surface area contributed by atoms with Gasteiger partial charge in [0.2, 0.25) is 0 Å². The highest BCUT2D eigenvalue weighted by Crippen LogP contribution is 2.08. The average Bonchev–Trinajstić information content (AvgIpc) is 3.00. The van der Waals surface area contributed by atoms with Gasteiger partial charge in [0.25, 0.3) is 0 Å². The van der Waals surface area contributed by atoms with Crippen molar-refractivity contribution in [2.45, 2.75) is 26.9 Å². The fourth-order valence-electron chi connectivity index (χ4n) is 2.24. The summed E-state index contributed by atoms with van der Waals surface area (Å²) in [4.78, 5) is 10.6. The van der Waals surface area contributed by atoms with Gasteiger partial charge in [-0.15, -0.1) is 0 Å². The van der Waals surface area contributed by atoms with Crippen molar-refractivity contribution in [1.82, 2.24) is 14.5 Å². The maximum absolute atomic E-state index is 6.00. The molecule has 0 bridgehead atoms. The van der Waals surface area contributed by atoms with E-state index in [0.29, 0.717) is 12.5 Å². The molecule has 2 rings (SSSR count). The molecule has 1 aromatic carbocycles. The maximum atomic E-state index is 6.00. The number of hydrogen-bond donors (Lipinski definition) is 1. The first-order chi connectivity index (χ1) is 10.2. The Hall–Kier alpha value is -2.30. The topological polar surface area (TPSA) is 59.4 Å². The van der Waals surface area contributed by atoms with Crippen molar-refractivity contribution in [3.8, 4) is 0 Å². The molecule has 5 heteroatoms. The number of benzene rings is 1. The van der Waals surface area contributed by atoms with Crippen LogP contribution in [0.5, 0.6) is 0 Å². The first-order valence-corrected chi connectivity index (χ1v) is 7.31. The van der Waals surface area contributed by atoms with Crippen LogP contribution in [0.1, 0.15) is 25.0 Å². The van der Waals surface area contributed by atoms with Crippen LogP contribution in [-0.4, -0.2) is 33.5 Å². The Kier molecular flexibility index (Phi) is 5.37. The predicted molar refractivity (Wildman–Crippen MR) is 86.0 cm³/mol. The van der Waals surface area contributed by atoms with E-state index in [0.717, 1.165) is 19.6 Å². The molecule has 0 saturated carbocycles. The van der Waals surface area contributed by atoms with Gasteiger partial charge in [0.15, 0.2) is 5.96 Å². The van der Waals surface area contributed by atoms with Crippen molar-refractivity contribution >= 4 is 5.96 Å². The predicted octanol–water partition coefficient (Wildman–Crippen LogP) is 2.09. The van der Waals surface area contributed by atoms with E-state index < -0.39 is 0 Å². The Bertz CT molecular complexity index is 570. The Balaban J connectivity index is 2.02. The van der Waals surface area contributed by atoms with Crippen LogP contribution in [0.2, 0.25) is 0 Å². The molecule has 0 aliphatic heterocycles. The minimum absolute atomic E-state index is 0.611. The summed E-state index contributed by atoms with van der Waals surface area (Å²) in [5.74, 6) is 0.611. The molecule has 0 fully saturated rings. The van der Waals surface area contributed by atoms with Crippen molar-refractivity contribution < 1.29 is 0 Å². The molecule has 0 radical (unpaired) electrons. The smallest absolute Gasteiger partial charge is 0.191 e. The summed E-state index contributed by atoms with van der Waals surface area (Å²) >= 11 is 0. The van der Waals surface area contributed by atoms with E-state index in [1.807, 2.05) is 17.1 Å². The van der Waals surface area contributed by atoms with Crippen molar-refractivity contribution in [2.24, 2.45) is 10.7 Å². The zero-order chi connectivity index (χ0) is 15.1. The minimum atomic E-state index is 0.611. The van der Waals surface area contributed by atoms with Gasteiger partial charge in [0, 0.05) is 32.0 Å². The van der Waals surface area contributed by atoms with Crippen molar-refractivity contribution in [2.75, 3.05) is 13.1 Å². The number of rotatable bonds is 6. The highest BCUT2D eigenvalue weighted by Gasteiger charge is 2.02. The van der Waals surface area contributed by atoms with E-state index in [1.54, 1.807) is 6.20 Å². The molecule has 1 aromatic heterocycles. The molecule has 0 aliphatic rings. The molecule has 21 heavy (non-hydrogen) atoms. The fourth-order valence-corrected chi connectivity index (χ4v) is 2.24. The van der Waals surface area contributed by atoms with Crippen LogP contribution in [-0.2, 0) is 13.1 Å². The van der Waals surface area contributed by atoms with E-state index in [4.69, 9.17) is 5.73 Å². The lowest BCUT2D eigenvalue weighted by Crippen LogP contribution is -2.37. The molecule has 0 spiro atoms. The van der Waals surface area contributed by atoms with Crippen LogP contribution >= 0.6 is 0 Å². The van der Waals surface area contributed by atoms with Gasteiger partial charge in [0.1, 0.15) is 0 Å². The lowest BCUT2D eigenvalue weighted by molar-refractivity contribution is 0.458. The van der Waals surface area contributed by atoms with Crippen molar-refractivity contribution in [3.05, 3.63) is 54.1 Å². The van der Waals surface area contributed by atoms with Crippen LogP contribution in [0.4, 0.5) is 0 Å². The van der Waals surface area contributed by atoms with Gasteiger partial charge < -0.3 is 15.2 Å². The number of hydrogen-bond acceptors (Lipinski definition) is 2. The Morgan fingerprint density at radius 1 is 1.29 bits per heavy atom. The summed E-state index contributed by atoms with van der Waals surface area (Å²) in [5.41, 5.74) is 8.41. The molecule has 0 saturated heterocycles. The summed E-state index contributed by atoms with van der Waals surface area (Å²) in [7, 11) is 0. The average molecular weight is 285 g/mol. The van der Waals surface area contributed by atoms with Gasteiger partial charge >= 0.3 is 0 Å². The van der Waals surface area contributed by atoms with Crippen LogP contribution < -0.4 is 5.73 Å². The van der Waals surface area contributed by atoms with Crippen molar-refractivity contribution in [1.29, 1.82) is 0 Å². The lowest BCUT2D eigenvalue weighted by atomic mass is 10.1. The molecule has 5 nitrogen and oxygen atoms in total. The van der Waals surface area contributed by atoms with E-state index in [-0.39, 0.29) is 0 Å². The third-order valence-electron chi connectivity index (χ3n) is 3.43. The molecular formula is C16H23N5. The minimum Gasteiger partial charge on any atom is -0.370 e. The Labute approximate surface area is 126 Å². The van der Waals surface area contributed by atoms with Crippen LogP contribution in [0.25, 0.3) is 0 Å².